The van der Waals surface area contributed by atoms with Crippen LogP contribution >= 0.6 is 0 Å². The molecule has 6 nitrogen and oxygen atoms in total. The molecule has 0 bridgehead atoms. The highest BCUT2D eigenvalue weighted by Crippen LogP contribution is 2.05. The summed E-state index contributed by atoms with van der Waals surface area (Å²) < 4.78 is 12.7. The molecule has 2 atom stereocenters. The van der Waals surface area contributed by atoms with Gasteiger partial charge in [0.1, 0.15) is 5.82 Å². The van der Waals surface area contributed by atoms with Gasteiger partial charge in [-0.25, -0.2) is 14.0 Å². The molecule has 0 aliphatic carbocycles. The number of aliphatic carboxylic acids is 1. The lowest BCUT2D eigenvalue weighted by atomic mass is 10.1. The van der Waals surface area contributed by atoms with Gasteiger partial charge in [-0.2, -0.15) is 0 Å². The van der Waals surface area contributed by atoms with Crippen LogP contribution in [0.5, 0.6) is 0 Å². The van der Waals surface area contributed by atoms with Gasteiger partial charge >= 0.3 is 12.0 Å². The van der Waals surface area contributed by atoms with Crippen LogP contribution in [-0.4, -0.2) is 40.9 Å². The molecule has 0 radical (unpaired) electrons. The van der Waals surface area contributed by atoms with Crippen LogP contribution in [0.25, 0.3) is 0 Å². The van der Waals surface area contributed by atoms with Crippen LogP contribution in [0.15, 0.2) is 24.3 Å². The van der Waals surface area contributed by atoms with E-state index in [0.717, 1.165) is 5.56 Å². The zero-order chi connectivity index (χ0) is 15.1. The van der Waals surface area contributed by atoms with Crippen molar-refractivity contribution in [2.75, 3.05) is 6.54 Å². The summed E-state index contributed by atoms with van der Waals surface area (Å²) in [6, 6.07) is 5.14. The number of hydrogen-bond acceptors (Lipinski definition) is 3. The lowest BCUT2D eigenvalue weighted by molar-refractivity contribution is -0.146. The number of halogens is 1. The van der Waals surface area contributed by atoms with Crippen molar-refractivity contribution in [3.63, 3.8) is 0 Å². The predicted octanol–water partition coefficient (Wildman–Crippen LogP) is 0.501. The van der Waals surface area contributed by atoms with E-state index in [9.17, 15) is 14.0 Å². The summed E-state index contributed by atoms with van der Waals surface area (Å²) >= 11 is 0. The number of rotatable bonds is 6. The average Bonchev–Trinajstić information content (AvgIpc) is 2.38. The lowest BCUT2D eigenvalue weighted by Crippen LogP contribution is -2.45. The van der Waals surface area contributed by atoms with Gasteiger partial charge in [0, 0.05) is 6.04 Å². The first-order valence-electron chi connectivity index (χ1n) is 6.08. The van der Waals surface area contributed by atoms with Crippen LogP contribution in [0, 0.1) is 5.82 Å². The number of urea groups is 1. The molecular weight excluding hydrogens is 267 g/mol. The molecule has 0 saturated heterocycles. The molecule has 0 aliphatic heterocycles. The second kappa shape index (κ2) is 7.44. The number of hydrogen-bond donors (Lipinski definition) is 4. The zero-order valence-electron chi connectivity index (χ0n) is 11.0. The van der Waals surface area contributed by atoms with Gasteiger partial charge in [-0.15, -0.1) is 0 Å². The van der Waals surface area contributed by atoms with E-state index in [-0.39, 0.29) is 18.4 Å². The zero-order valence-corrected chi connectivity index (χ0v) is 11.0. The van der Waals surface area contributed by atoms with E-state index in [1.165, 1.54) is 12.1 Å². The maximum Gasteiger partial charge on any atom is 0.334 e. The smallest absolute Gasteiger partial charge is 0.334 e. The molecule has 0 heterocycles. The van der Waals surface area contributed by atoms with Crippen molar-refractivity contribution in [3.8, 4) is 0 Å². The van der Waals surface area contributed by atoms with Gasteiger partial charge in [0.05, 0.1) is 6.54 Å². The third-order valence-corrected chi connectivity index (χ3v) is 2.57. The molecule has 0 fully saturated rings. The Kier molecular flexibility index (Phi) is 5.92. The highest BCUT2D eigenvalue weighted by Gasteiger charge is 2.15. The Morgan fingerprint density at radius 2 is 1.90 bits per heavy atom. The number of aliphatic hydroxyl groups excluding tert-OH is 1. The second-order valence-electron chi connectivity index (χ2n) is 4.44. The van der Waals surface area contributed by atoms with Crippen molar-refractivity contribution >= 4 is 12.0 Å². The quantitative estimate of drug-likeness (QED) is 0.611. The third-order valence-electron chi connectivity index (χ3n) is 2.57. The molecule has 0 aromatic heterocycles. The normalized spacial score (nSPS) is 13.3. The van der Waals surface area contributed by atoms with Gasteiger partial charge in [-0.1, -0.05) is 12.1 Å². The van der Waals surface area contributed by atoms with E-state index < -0.39 is 18.1 Å². The minimum Gasteiger partial charge on any atom is -0.479 e. The van der Waals surface area contributed by atoms with E-state index >= 15 is 0 Å². The van der Waals surface area contributed by atoms with Crippen LogP contribution in [0.1, 0.15) is 12.5 Å². The molecule has 20 heavy (non-hydrogen) atoms. The number of carboxylic acid groups (broad SMARTS) is 1. The summed E-state index contributed by atoms with van der Waals surface area (Å²) in [6.07, 6.45) is -1.12. The standard InChI is InChI=1S/C13H17FN2O4/c1-8(6-9-2-4-10(14)5-3-9)16-13(20)15-7-11(17)12(18)19/h2-5,8,11,17H,6-7H2,1H3,(H,18,19)(H2,15,16,20)/t8?,11-/m0/s1. The van der Waals surface area contributed by atoms with E-state index in [0.29, 0.717) is 6.42 Å². The molecule has 4 N–H and O–H groups in total. The monoisotopic (exact) mass is 284 g/mol. The second-order valence-corrected chi connectivity index (χ2v) is 4.44. The minimum atomic E-state index is -1.63. The van der Waals surface area contributed by atoms with Gasteiger partial charge < -0.3 is 20.8 Å². The highest BCUT2D eigenvalue weighted by molar-refractivity contribution is 5.76. The van der Waals surface area contributed by atoms with Crippen molar-refractivity contribution in [1.82, 2.24) is 10.6 Å². The van der Waals surface area contributed by atoms with Gasteiger partial charge in [-0.3, -0.25) is 0 Å². The first kappa shape index (κ1) is 15.9. The Morgan fingerprint density at radius 3 is 2.45 bits per heavy atom. The topological polar surface area (TPSA) is 98.7 Å². The molecule has 7 heteroatoms. The Labute approximate surface area is 115 Å². The average molecular weight is 284 g/mol. The Balaban J connectivity index is 2.34. The highest BCUT2D eigenvalue weighted by atomic mass is 19.1. The van der Waals surface area contributed by atoms with Crippen LogP contribution in [-0.2, 0) is 11.2 Å². The van der Waals surface area contributed by atoms with Crippen molar-refractivity contribution in [2.24, 2.45) is 0 Å². The van der Waals surface area contributed by atoms with Crippen LogP contribution in [0.4, 0.5) is 9.18 Å². The molecule has 0 saturated carbocycles. The number of carboxylic acids is 1. The number of carbonyl (C=O) groups is 2. The van der Waals surface area contributed by atoms with Crippen LogP contribution in [0.3, 0.4) is 0 Å². The van der Waals surface area contributed by atoms with E-state index in [1.54, 1.807) is 19.1 Å². The summed E-state index contributed by atoms with van der Waals surface area (Å²) in [7, 11) is 0. The SMILES string of the molecule is CC(Cc1ccc(F)cc1)NC(=O)NC[C@H](O)C(=O)O. The predicted molar refractivity (Wildman–Crippen MR) is 69.7 cm³/mol. The van der Waals surface area contributed by atoms with Crippen molar-refractivity contribution in [2.45, 2.75) is 25.5 Å². The summed E-state index contributed by atoms with van der Waals surface area (Å²) in [6.45, 7) is 1.39. The minimum absolute atomic E-state index is 0.220. The molecule has 0 spiro atoms. The first-order chi connectivity index (χ1) is 9.38. The fourth-order valence-corrected chi connectivity index (χ4v) is 1.58. The fraction of sp³-hybridized carbons (Fsp3) is 0.385. The number of benzene rings is 1. The maximum absolute atomic E-state index is 12.7. The largest absolute Gasteiger partial charge is 0.479 e. The van der Waals surface area contributed by atoms with Gasteiger partial charge in [0.25, 0.3) is 0 Å². The maximum atomic E-state index is 12.7. The lowest BCUT2D eigenvalue weighted by Gasteiger charge is -2.15. The Hall–Kier alpha value is -2.15. The number of nitrogens with one attached hydrogen (secondary N) is 2. The Morgan fingerprint density at radius 1 is 1.30 bits per heavy atom. The summed E-state index contributed by atoms with van der Waals surface area (Å²) in [5.74, 6) is -1.72. The number of carbonyl (C=O) groups excluding carboxylic acids is 1. The first-order valence-corrected chi connectivity index (χ1v) is 6.08. The summed E-state index contributed by atoms with van der Waals surface area (Å²) in [4.78, 5) is 21.8. The molecule has 110 valence electrons. The summed E-state index contributed by atoms with van der Waals surface area (Å²) in [5, 5.41) is 22.3. The number of aliphatic hydroxyl groups is 1. The molecule has 0 aliphatic rings. The Bertz CT molecular complexity index is 464. The van der Waals surface area contributed by atoms with E-state index in [2.05, 4.69) is 10.6 Å². The van der Waals surface area contributed by atoms with Crippen molar-refractivity contribution in [3.05, 3.63) is 35.6 Å². The molecular formula is C13H17FN2O4. The van der Waals surface area contributed by atoms with Crippen molar-refractivity contribution < 1.29 is 24.2 Å². The molecule has 1 aromatic carbocycles. The van der Waals surface area contributed by atoms with Gasteiger partial charge in [0.15, 0.2) is 6.10 Å². The molecule has 2 amide bonds. The molecule has 1 aromatic rings. The van der Waals surface area contributed by atoms with Crippen LogP contribution < -0.4 is 10.6 Å². The van der Waals surface area contributed by atoms with Gasteiger partial charge in [-0.05, 0) is 31.0 Å². The third kappa shape index (κ3) is 5.66. The van der Waals surface area contributed by atoms with Crippen molar-refractivity contribution in [1.29, 1.82) is 0 Å². The summed E-state index contributed by atoms with van der Waals surface area (Å²) in [5.41, 5.74) is 0.866. The molecule has 1 rings (SSSR count). The van der Waals surface area contributed by atoms with E-state index in [4.69, 9.17) is 10.2 Å². The van der Waals surface area contributed by atoms with E-state index in [1.807, 2.05) is 0 Å². The molecule has 1 unspecified atom stereocenters. The fourth-order valence-electron chi connectivity index (χ4n) is 1.58. The van der Waals surface area contributed by atoms with Gasteiger partial charge in [0.2, 0.25) is 0 Å². The number of amides is 2. The van der Waals surface area contributed by atoms with Crippen LogP contribution in [0.2, 0.25) is 0 Å².